The summed E-state index contributed by atoms with van der Waals surface area (Å²) in [5.41, 5.74) is 0. The number of halogens is 1. The van der Waals surface area contributed by atoms with Crippen LogP contribution in [0.15, 0.2) is 17.5 Å². The molecule has 0 bridgehead atoms. The Balaban J connectivity index is 2.54. The molecule has 0 aliphatic heterocycles. The molecule has 0 aromatic carbocycles. The molecule has 92 valence electrons. The van der Waals surface area contributed by atoms with Crippen molar-refractivity contribution in [3.63, 3.8) is 0 Å². The SMILES string of the molecule is CCC(CBr)CN(Cc1cccs1)C(C)C. The number of nitrogens with zero attached hydrogens (tertiary/aromatic N) is 1. The van der Waals surface area contributed by atoms with Crippen LogP contribution in [0.4, 0.5) is 0 Å². The molecular formula is C13H22BrNS. The summed E-state index contributed by atoms with van der Waals surface area (Å²) in [6, 6.07) is 4.99. The maximum Gasteiger partial charge on any atom is 0.0330 e. The molecule has 0 amide bonds. The number of thiophene rings is 1. The molecule has 0 aliphatic carbocycles. The van der Waals surface area contributed by atoms with Crippen LogP contribution in [0, 0.1) is 5.92 Å². The van der Waals surface area contributed by atoms with Crippen LogP contribution in [0.1, 0.15) is 32.1 Å². The molecule has 16 heavy (non-hydrogen) atoms. The van der Waals surface area contributed by atoms with E-state index < -0.39 is 0 Å². The molecule has 1 rings (SSSR count). The van der Waals surface area contributed by atoms with E-state index >= 15 is 0 Å². The zero-order valence-corrected chi connectivity index (χ0v) is 12.9. The van der Waals surface area contributed by atoms with Crippen LogP contribution in [0.2, 0.25) is 0 Å². The van der Waals surface area contributed by atoms with E-state index in [-0.39, 0.29) is 0 Å². The van der Waals surface area contributed by atoms with Crippen LogP contribution in [0.5, 0.6) is 0 Å². The van der Waals surface area contributed by atoms with Crippen molar-refractivity contribution in [1.82, 2.24) is 4.90 Å². The third-order valence-corrected chi connectivity index (χ3v) is 4.73. The predicted octanol–water partition coefficient (Wildman–Crippen LogP) is 4.38. The van der Waals surface area contributed by atoms with Gasteiger partial charge in [-0.1, -0.05) is 35.3 Å². The molecule has 0 spiro atoms. The van der Waals surface area contributed by atoms with Crippen LogP contribution in [0.3, 0.4) is 0 Å². The number of rotatable bonds is 7. The van der Waals surface area contributed by atoms with E-state index in [0.29, 0.717) is 6.04 Å². The van der Waals surface area contributed by atoms with Crippen molar-refractivity contribution in [3.05, 3.63) is 22.4 Å². The second-order valence-corrected chi connectivity index (χ2v) is 6.21. The van der Waals surface area contributed by atoms with Crippen molar-refractivity contribution in [1.29, 1.82) is 0 Å². The molecule has 1 atom stereocenters. The van der Waals surface area contributed by atoms with Crippen molar-refractivity contribution in [2.75, 3.05) is 11.9 Å². The standard InChI is InChI=1S/C13H22BrNS/c1-4-12(8-14)9-15(11(2)3)10-13-6-5-7-16-13/h5-7,11-12H,4,8-10H2,1-3H3. The van der Waals surface area contributed by atoms with E-state index in [2.05, 4.69) is 59.1 Å². The Kier molecular flexibility index (Phi) is 6.62. The van der Waals surface area contributed by atoms with Crippen molar-refractivity contribution in [3.8, 4) is 0 Å². The van der Waals surface area contributed by atoms with Gasteiger partial charge in [0.15, 0.2) is 0 Å². The van der Waals surface area contributed by atoms with Crippen LogP contribution < -0.4 is 0 Å². The summed E-state index contributed by atoms with van der Waals surface area (Å²) in [6.07, 6.45) is 1.25. The topological polar surface area (TPSA) is 3.24 Å². The minimum atomic E-state index is 0.621. The summed E-state index contributed by atoms with van der Waals surface area (Å²) in [4.78, 5) is 4.04. The molecule has 0 N–H and O–H groups in total. The van der Waals surface area contributed by atoms with Crippen molar-refractivity contribution >= 4 is 27.3 Å². The van der Waals surface area contributed by atoms with Crippen molar-refractivity contribution < 1.29 is 0 Å². The Hall–Kier alpha value is 0.140. The van der Waals surface area contributed by atoms with Crippen molar-refractivity contribution in [2.24, 2.45) is 5.92 Å². The van der Waals surface area contributed by atoms with Crippen LogP contribution in [0.25, 0.3) is 0 Å². The first kappa shape index (κ1) is 14.2. The maximum atomic E-state index is 3.61. The first-order valence-corrected chi connectivity index (χ1v) is 7.99. The van der Waals surface area contributed by atoms with E-state index in [0.717, 1.165) is 17.8 Å². The predicted molar refractivity (Wildman–Crippen MR) is 77.4 cm³/mol. The van der Waals surface area contributed by atoms with E-state index in [1.165, 1.54) is 17.8 Å². The second-order valence-electron chi connectivity index (χ2n) is 4.53. The first-order chi connectivity index (χ1) is 7.67. The third-order valence-electron chi connectivity index (χ3n) is 2.96. The highest BCUT2D eigenvalue weighted by Gasteiger charge is 2.15. The first-order valence-electron chi connectivity index (χ1n) is 5.99. The van der Waals surface area contributed by atoms with Gasteiger partial charge in [0.25, 0.3) is 0 Å². The lowest BCUT2D eigenvalue weighted by Gasteiger charge is -2.29. The number of alkyl halides is 1. The molecule has 0 aliphatic rings. The molecule has 0 radical (unpaired) electrons. The molecule has 1 nitrogen and oxygen atoms in total. The summed E-state index contributed by atoms with van der Waals surface area (Å²) in [5, 5.41) is 3.27. The van der Waals surface area contributed by atoms with Crippen LogP contribution in [-0.2, 0) is 6.54 Å². The smallest absolute Gasteiger partial charge is 0.0330 e. The van der Waals surface area contributed by atoms with Gasteiger partial charge in [-0.15, -0.1) is 11.3 Å². The number of hydrogen-bond donors (Lipinski definition) is 0. The summed E-state index contributed by atoms with van der Waals surface area (Å²) in [5.74, 6) is 0.766. The van der Waals surface area contributed by atoms with Gasteiger partial charge in [-0.05, 0) is 31.2 Å². The minimum Gasteiger partial charge on any atom is -0.296 e. The van der Waals surface area contributed by atoms with Gasteiger partial charge in [0.2, 0.25) is 0 Å². The van der Waals surface area contributed by atoms with E-state index in [1.54, 1.807) is 0 Å². The molecule has 1 aromatic heterocycles. The summed E-state index contributed by atoms with van der Waals surface area (Å²) < 4.78 is 0. The Morgan fingerprint density at radius 1 is 1.44 bits per heavy atom. The van der Waals surface area contributed by atoms with Gasteiger partial charge in [-0.2, -0.15) is 0 Å². The lowest BCUT2D eigenvalue weighted by Crippen LogP contribution is -2.35. The van der Waals surface area contributed by atoms with Gasteiger partial charge in [-0.25, -0.2) is 0 Å². The third kappa shape index (κ3) is 4.56. The lowest BCUT2D eigenvalue weighted by molar-refractivity contribution is 0.185. The Morgan fingerprint density at radius 2 is 2.19 bits per heavy atom. The highest BCUT2D eigenvalue weighted by molar-refractivity contribution is 9.09. The van der Waals surface area contributed by atoms with Gasteiger partial charge in [-0.3, -0.25) is 4.90 Å². The summed E-state index contributed by atoms with van der Waals surface area (Å²) in [7, 11) is 0. The van der Waals surface area contributed by atoms with Crippen LogP contribution >= 0.6 is 27.3 Å². The summed E-state index contributed by atoms with van der Waals surface area (Å²) in [6.45, 7) is 9.13. The van der Waals surface area contributed by atoms with E-state index in [9.17, 15) is 0 Å². The Morgan fingerprint density at radius 3 is 2.62 bits per heavy atom. The largest absolute Gasteiger partial charge is 0.296 e. The molecule has 0 saturated carbocycles. The van der Waals surface area contributed by atoms with E-state index in [1.807, 2.05) is 11.3 Å². The highest BCUT2D eigenvalue weighted by Crippen LogP contribution is 2.17. The minimum absolute atomic E-state index is 0.621. The molecule has 3 heteroatoms. The molecule has 1 aromatic rings. The van der Waals surface area contributed by atoms with Gasteiger partial charge in [0, 0.05) is 29.3 Å². The average Bonchev–Trinajstić information content (AvgIpc) is 2.76. The fraction of sp³-hybridized carbons (Fsp3) is 0.692. The van der Waals surface area contributed by atoms with Crippen molar-refractivity contribution in [2.45, 2.75) is 39.8 Å². The normalized spacial score (nSPS) is 13.6. The maximum absolute atomic E-state index is 3.61. The molecule has 1 unspecified atom stereocenters. The monoisotopic (exact) mass is 303 g/mol. The fourth-order valence-corrected chi connectivity index (χ4v) is 3.07. The molecular weight excluding hydrogens is 282 g/mol. The quantitative estimate of drug-likeness (QED) is 0.676. The zero-order valence-electron chi connectivity index (χ0n) is 10.4. The average molecular weight is 304 g/mol. The number of hydrogen-bond acceptors (Lipinski definition) is 2. The molecule has 0 fully saturated rings. The summed E-state index contributed by atoms with van der Waals surface area (Å²) >= 11 is 5.47. The van der Waals surface area contributed by atoms with Gasteiger partial charge >= 0.3 is 0 Å². The van der Waals surface area contributed by atoms with Gasteiger partial charge in [0.05, 0.1) is 0 Å². The van der Waals surface area contributed by atoms with Gasteiger partial charge < -0.3 is 0 Å². The Bertz CT molecular complexity index is 267. The molecule has 0 saturated heterocycles. The van der Waals surface area contributed by atoms with Gasteiger partial charge in [0.1, 0.15) is 0 Å². The fourth-order valence-electron chi connectivity index (χ4n) is 1.68. The lowest BCUT2D eigenvalue weighted by atomic mass is 10.1. The zero-order chi connectivity index (χ0) is 12.0. The van der Waals surface area contributed by atoms with E-state index in [4.69, 9.17) is 0 Å². The Labute approximate surface area is 112 Å². The highest BCUT2D eigenvalue weighted by atomic mass is 79.9. The molecule has 1 heterocycles. The second kappa shape index (κ2) is 7.46. The van der Waals surface area contributed by atoms with Crippen LogP contribution in [-0.4, -0.2) is 22.8 Å².